The van der Waals surface area contributed by atoms with Gasteiger partial charge in [-0.05, 0) is 24.5 Å². The third-order valence-corrected chi connectivity index (χ3v) is 3.92. The number of hydrogen-bond donors (Lipinski definition) is 1. The molecule has 0 aliphatic heterocycles. The number of halogens is 2. The third kappa shape index (κ3) is 3.09. The van der Waals surface area contributed by atoms with Crippen molar-refractivity contribution in [2.75, 3.05) is 12.3 Å². The lowest BCUT2D eigenvalue weighted by molar-refractivity contribution is 0.0464. The number of rotatable bonds is 4. The predicted octanol–water partition coefficient (Wildman–Crippen LogP) is 3.92. The van der Waals surface area contributed by atoms with Crippen LogP contribution in [-0.4, -0.2) is 12.6 Å². The molecule has 0 saturated heterocycles. The Morgan fingerprint density at radius 1 is 1.33 bits per heavy atom. The molecule has 0 unspecified atom stereocenters. The summed E-state index contributed by atoms with van der Waals surface area (Å²) in [6.07, 6.45) is 4.72. The van der Waals surface area contributed by atoms with Crippen molar-refractivity contribution < 1.29 is 9.53 Å². The van der Waals surface area contributed by atoms with Crippen molar-refractivity contribution >= 4 is 34.9 Å². The molecule has 0 heterocycles. The standard InChI is InChI=1S/C13H15Cl2NO2/c14-10-6-9(7-11(15)12(10)16)13(17)18-5-4-8-2-1-3-8/h6-8H,1-5,16H2. The highest BCUT2D eigenvalue weighted by molar-refractivity contribution is 6.39. The molecule has 1 aromatic carbocycles. The number of ether oxygens (including phenoxy) is 1. The second kappa shape index (κ2) is 5.81. The number of nitrogen functional groups attached to an aromatic ring is 1. The van der Waals surface area contributed by atoms with Crippen molar-refractivity contribution in [1.82, 2.24) is 0 Å². The Labute approximate surface area is 116 Å². The van der Waals surface area contributed by atoms with E-state index < -0.39 is 5.97 Å². The molecule has 0 radical (unpaired) electrons. The van der Waals surface area contributed by atoms with Gasteiger partial charge >= 0.3 is 5.97 Å². The van der Waals surface area contributed by atoms with E-state index in [0.29, 0.717) is 12.2 Å². The van der Waals surface area contributed by atoms with Crippen molar-refractivity contribution in [2.45, 2.75) is 25.7 Å². The van der Waals surface area contributed by atoms with Crippen LogP contribution in [0.5, 0.6) is 0 Å². The van der Waals surface area contributed by atoms with Crippen molar-refractivity contribution in [3.8, 4) is 0 Å². The van der Waals surface area contributed by atoms with Gasteiger partial charge in [0.1, 0.15) is 0 Å². The molecule has 1 aliphatic carbocycles. The SMILES string of the molecule is Nc1c(Cl)cc(C(=O)OCCC2CCC2)cc1Cl. The molecule has 1 fully saturated rings. The lowest BCUT2D eigenvalue weighted by Crippen LogP contribution is -2.15. The van der Waals surface area contributed by atoms with Gasteiger partial charge in [0.15, 0.2) is 0 Å². The van der Waals surface area contributed by atoms with Gasteiger partial charge < -0.3 is 10.5 Å². The Hall–Kier alpha value is -0.930. The van der Waals surface area contributed by atoms with Gasteiger partial charge in [0, 0.05) is 0 Å². The van der Waals surface area contributed by atoms with E-state index in [-0.39, 0.29) is 15.7 Å². The molecular formula is C13H15Cl2NO2. The molecule has 98 valence electrons. The Balaban J connectivity index is 1.91. The van der Waals surface area contributed by atoms with Crippen LogP contribution in [0.3, 0.4) is 0 Å². The molecule has 18 heavy (non-hydrogen) atoms. The van der Waals surface area contributed by atoms with Gasteiger partial charge in [0.25, 0.3) is 0 Å². The van der Waals surface area contributed by atoms with E-state index in [1.807, 2.05) is 0 Å². The first-order chi connectivity index (χ1) is 8.58. The number of anilines is 1. The van der Waals surface area contributed by atoms with Gasteiger partial charge in [-0.25, -0.2) is 4.79 Å². The van der Waals surface area contributed by atoms with Crippen LogP contribution in [0.25, 0.3) is 0 Å². The van der Waals surface area contributed by atoms with Crippen molar-refractivity contribution in [2.24, 2.45) is 5.92 Å². The van der Waals surface area contributed by atoms with Crippen molar-refractivity contribution in [3.63, 3.8) is 0 Å². The zero-order valence-corrected chi connectivity index (χ0v) is 11.4. The number of nitrogens with two attached hydrogens (primary N) is 1. The Morgan fingerprint density at radius 2 is 1.94 bits per heavy atom. The molecule has 0 amide bonds. The Kier molecular flexibility index (Phi) is 4.36. The first-order valence-electron chi connectivity index (χ1n) is 5.99. The van der Waals surface area contributed by atoms with Gasteiger partial charge in [-0.15, -0.1) is 0 Å². The topological polar surface area (TPSA) is 52.3 Å². The largest absolute Gasteiger partial charge is 0.462 e. The van der Waals surface area contributed by atoms with Crippen LogP contribution in [0.2, 0.25) is 10.0 Å². The summed E-state index contributed by atoms with van der Waals surface area (Å²) < 4.78 is 5.19. The zero-order chi connectivity index (χ0) is 13.1. The van der Waals surface area contributed by atoms with E-state index in [1.165, 1.54) is 31.4 Å². The molecule has 2 rings (SSSR count). The number of carbonyl (C=O) groups is 1. The average Bonchev–Trinajstić information content (AvgIpc) is 2.28. The van der Waals surface area contributed by atoms with Gasteiger partial charge in [-0.1, -0.05) is 42.5 Å². The minimum Gasteiger partial charge on any atom is -0.462 e. The maximum absolute atomic E-state index is 11.8. The van der Waals surface area contributed by atoms with Gasteiger partial charge in [-0.3, -0.25) is 0 Å². The summed E-state index contributed by atoms with van der Waals surface area (Å²) >= 11 is 11.7. The van der Waals surface area contributed by atoms with Crippen LogP contribution in [0.15, 0.2) is 12.1 Å². The van der Waals surface area contributed by atoms with E-state index in [9.17, 15) is 4.79 Å². The van der Waals surface area contributed by atoms with Crippen LogP contribution in [-0.2, 0) is 4.74 Å². The molecular weight excluding hydrogens is 273 g/mol. The smallest absolute Gasteiger partial charge is 0.338 e. The summed E-state index contributed by atoms with van der Waals surface area (Å²) in [5, 5.41) is 0.543. The van der Waals surface area contributed by atoms with Crippen LogP contribution in [0.4, 0.5) is 5.69 Å². The average molecular weight is 288 g/mol. The number of esters is 1. The van der Waals surface area contributed by atoms with Gasteiger partial charge in [0.05, 0.1) is 27.9 Å². The van der Waals surface area contributed by atoms with Gasteiger partial charge in [-0.2, -0.15) is 0 Å². The number of hydrogen-bond acceptors (Lipinski definition) is 3. The molecule has 0 atom stereocenters. The molecule has 1 saturated carbocycles. The van der Waals surface area contributed by atoms with E-state index in [2.05, 4.69) is 0 Å². The quantitative estimate of drug-likeness (QED) is 0.674. The highest BCUT2D eigenvalue weighted by Gasteiger charge is 2.18. The van der Waals surface area contributed by atoms with Crippen molar-refractivity contribution in [3.05, 3.63) is 27.7 Å². The Bertz CT molecular complexity index is 435. The fourth-order valence-corrected chi connectivity index (χ4v) is 2.37. The molecule has 2 N–H and O–H groups in total. The second-order valence-corrected chi connectivity index (χ2v) is 5.39. The van der Waals surface area contributed by atoms with Crippen LogP contribution >= 0.6 is 23.2 Å². The first-order valence-corrected chi connectivity index (χ1v) is 6.75. The molecule has 5 heteroatoms. The maximum Gasteiger partial charge on any atom is 0.338 e. The van der Waals surface area contributed by atoms with Gasteiger partial charge in [0.2, 0.25) is 0 Å². The van der Waals surface area contributed by atoms with E-state index in [1.54, 1.807) is 0 Å². The predicted molar refractivity (Wildman–Crippen MR) is 73.1 cm³/mol. The molecule has 0 aromatic heterocycles. The number of benzene rings is 1. The van der Waals surface area contributed by atoms with Crippen molar-refractivity contribution in [1.29, 1.82) is 0 Å². The molecule has 0 bridgehead atoms. The highest BCUT2D eigenvalue weighted by atomic mass is 35.5. The summed E-state index contributed by atoms with van der Waals surface area (Å²) in [5.41, 5.74) is 6.22. The summed E-state index contributed by atoms with van der Waals surface area (Å²) in [6, 6.07) is 2.96. The summed E-state index contributed by atoms with van der Waals surface area (Å²) in [4.78, 5) is 11.8. The normalized spacial score (nSPS) is 15.2. The van der Waals surface area contributed by atoms with E-state index in [4.69, 9.17) is 33.7 Å². The molecule has 1 aliphatic rings. The number of carbonyl (C=O) groups excluding carboxylic acids is 1. The van der Waals surface area contributed by atoms with Crippen LogP contribution in [0.1, 0.15) is 36.0 Å². The second-order valence-electron chi connectivity index (χ2n) is 4.58. The lowest BCUT2D eigenvalue weighted by Gasteiger charge is -2.24. The molecule has 3 nitrogen and oxygen atoms in total. The van der Waals surface area contributed by atoms with Crippen LogP contribution < -0.4 is 5.73 Å². The third-order valence-electron chi connectivity index (χ3n) is 3.30. The summed E-state index contributed by atoms with van der Waals surface area (Å²) in [7, 11) is 0. The van der Waals surface area contributed by atoms with E-state index >= 15 is 0 Å². The van der Waals surface area contributed by atoms with E-state index in [0.717, 1.165) is 12.3 Å². The first kappa shape index (κ1) is 13.5. The summed E-state index contributed by atoms with van der Waals surface area (Å²) in [5.74, 6) is 0.314. The highest BCUT2D eigenvalue weighted by Crippen LogP contribution is 2.30. The zero-order valence-electron chi connectivity index (χ0n) is 9.92. The maximum atomic E-state index is 11.8. The minimum absolute atomic E-state index is 0.272. The monoisotopic (exact) mass is 287 g/mol. The lowest BCUT2D eigenvalue weighted by atomic mass is 9.83. The summed E-state index contributed by atoms with van der Waals surface area (Å²) in [6.45, 7) is 0.448. The fraction of sp³-hybridized carbons (Fsp3) is 0.462. The molecule has 1 aromatic rings. The Morgan fingerprint density at radius 3 is 2.44 bits per heavy atom. The molecule has 0 spiro atoms. The fourth-order valence-electron chi connectivity index (χ4n) is 1.89. The van der Waals surface area contributed by atoms with Crippen LogP contribution in [0, 0.1) is 5.92 Å². The minimum atomic E-state index is -0.405.